The number of nitrogens with two attached hydrogens (primary N) is 1. The van der Waals surface area contributed by atoms with Crippen LogP contribution in [0.5, 0.6) is 0 Å². The molecule has 0 unspecified atom stereocenters. The number of hydrogen-bond acceptors (Lipinski definition) is 2. The molecule has 0 atom stereocenters. The van der Waals surface area contributed by atoms with Crippen LogP contribution in [-0.4, -0.2) is 9.78 Å². The van der Waals surface area contributed by atoms with Crippen molar-refractivity contribution in [1.29, 1.82) is 0 Å². The Balaban J connectivity index is 2.95. The van der Waals surface area contributed by atoms with Crippen molar-refractivity contribution in [3.8, 4) is 0 Å². The van der Waals surface area contributed by atoms with Gasteiger partial charge in [0.2, 0.25) is 0 Å². The standard InChI is InChI=1S/C9H17N3/c1-4-5-9-8(10)6-11-12(9)7(2)3/h6-7H,4-5,10H2,1-3H3. The van der Waals surface area contributed by atoms with Crippen LogP contribution >= 0.6 is 0 Å². The molecule has 0 aliphatic rings. The Morgan fingerprint density at radius 3 is 2.75 bits per heavy atom. The first-order chi connectivity index (χ1) is 5.66. The van der Waals surface area contributed by atoms with Crippen molar-refractivity contribution in [2.75, 3.05) is 5.73 Å². The summed E-state index contributed by atoms with van der Waals surface area (Å²) in [5.41, 5.74) is 7.78. The van der Waals surface area contributed by atoms with Crippen molar-refractivity contribution in [3.63, 3.8) is 0 Å². The molecule has 0 bridgehead atoms. The Hall–Kier alpha value is -0.990. The molecule has 1 rings (SSSR count). The minimum atomic E-state index is 0.406. The molecule has 0 saturated heterocycles. The van der Waals surface area contributed by atoms with E-state index in [0.29, 0.717) is 6.04 Å². The molecule has 0 amide bonds. The second kappa shape index (κ2) is 3.61. The van der Waals surface area contributed by atoms with Crippen LogP contribution in [0.2, 0.25) is 0 Å². The summed E-state index contributed by atoms with van der Waals surface area (Å²) in [5, 5.41) is 4.23. The molecule has 0 aliphatic carbocycles. The Labute approximate surface area is 73.6 Å². The SMILES string of the molecule is CCCc1c(N)cnn1C(C)C. The van der Waals surface area contributed by atoms with Gasteiger partial charge >= 0.3 is 0 Å². The second-order valence-corrected chi connectivity index (χ2v) is 3.33. The lowest BCUT2D eigenvalue weighted by atomic mass is 10.2. The molecule has 0 aliphatic heterocycles. The highest BCUT2D eigenvalue weighted by molar-refractivity contribution is 5.41. The molecule has 2 N–H and O–H groups in total. The largest absolute Gasteiger partial charge is 0.396 e. The summed E-state index contributed by atoms with van der Waals surface area (Å²) in [5.74, 6) is 0. The van der Waals surface area contributed by atoms with Gasteiger partial charge in [0, 0.05) is 6.04 Å². The predicted molar refractivity (Wildman–Crippen MR) is 51.0 cm³/mol. The van der Waals surface area contributed by atoms with Gasteiger partial charge in [-0.3, -0.25) is 4.68 Å². The van der Waals surface area contributed by atoms with Gasteiger partial charge < -0.3 is 5.73 Å². The van der Waals surface area contributed by atoms with Crippen LogP contribution in [0, 0.1) is 0 Å². The highest BCUT2D eigenvalue weighted by Gasteiger charge is 2.08. The van der Waals surface area contributed by atoms with Crippen LogP contribution in [-0.2, 0) is 6.42 Å². The lowest BCUT2D eigenvalue weighted by Gasteiger charge is -2.10. The smallest absolute Gasteiger partial charge is 0.0733 e. The molecule has 12 heavy (non-hydrogen) atoms. The number of nitrogens with zero attached hydrogens (tertiary/aromatic N) is 2. The van der Waals surface area contributed by atoms with Gasteiger partial charge in [0.25, 0.3) is 0 Å². The number of aromatic nitrogens is 2. The van der Waals surface area contributed by atoms with E-state index in [1.807, 2.05) is 4.68 Å². The van der Waals surface area contributed by atoms with E-state index < -0.39 is 0 Å². The molecule has 3 nitrogen and oxygen atoms in total. The molecule has 0 fully saturated rings. The molecular formula is C9H17N3. The summed E-state index contributed by atoms with van der Waals surface area (Å²) >= 11 is 0. The van der Waals surface area contributed by atoms with Gasteiger partial charge in [-0.1, -0.05) is 13.3 Å². The summed E-state index contributed by atoms with van der Waals surface area (Å²) in [7, 11) is 0. The van der Waals surface area contributed by atoms with E-state index in [-0.39, 0.29) is 0 Å². The highest BCUT2D eigenvalue weighted by Crippen LogP contribution is 2.16. The van der Waals surface area contributed by atoms with Crippen molar-refractivity contribution in [1.82, 2.24) is 9.78 Å². The van der Waals surface area contributed by atoms with Gasteiger partial charge in [0.1, 0.15) is 0 Å². The quantitative estimate of drug-likeness (QED) is 0.748. The van der Waals surface area contributed by atoms with Gasteiger partial charge in [0.15, 0.2) is 0 Å². The zero-order valence-corrected chi connectivity index (χ0v) is 8.04. The minimum Gasteiger partial charge on any atom is -0.396 e. The summed E-state index contributed by atoms with van der Waals surface area (Å²) in [6, 6.07) is 0.406. The molecule has 0 spiro atoms. The lowest BCUT2D eigenvalue weighted by molar-refractivity contribution is 0.507. The molecule has 0 radical (unpaired) electrons. The van der Waals surface area contributed by atoms with E-state index in [9.17, 15) is 0 Å². The van der Waals surface area contributed by atoms with E-state index >= 15 is 0 Å². The fourth-order valence-electron chi connectivity index (χ4n) is 1.34. The zero-order chi connectivity index (χ0) is 9.14. The Bertz CT molecular complexity index is 250. The summed E-state index contributed by atoms with van der Waals surface area (Å²) in [6.45, 7) is 6.38. The Morgan fingerprint density at radius 2 is 2.25 bits per heavy atom. The first kappa shape index (κ1) is 9.10. The third-order valence-corrected chi connectivity index (χ3v) is 1.91. The lowest BCUT2D eigenvalue weighted by Crippen LogP contribution is -2.08. The van der Waals surface area contributed by atoms with Crippen molar-refractivity contribution < 1.29 is 0 Å². The normalized spacial score (nSPS) is 11.0. The summed E-state index contributed by atoms with van der Waals surface area (Å²) in [6.07, 6.45) is 3.87. The maximum atomic E-state index is 5.78. The van der Waals surface area contributed by atoms with Crippen LogP contribution in [0.25, 0.3) is 0 Å². The van der Waals surface area contributed by atoms with Crippen LogP contribution < -0.4 is 5.73 Å². The first-order valence-electron chi connectivity index (χ1n) is 4.48. The van der Waals surface area contributed by atoms with E-state index in [1.165, 1.54) is 5.69 Å². The molecule has 1 aromatic heterocycles. The van der Waals surface area contributed by atoms with Gasteiger partial charge in [-0.05, 0) is 20.3 Å². The first-order valence-corrected chi connectivity index (χ1v) is 4.48. The van der Waals surface area contributed by atoms with E-state index in [2.05, 4.69) is 25.9 Å². The fraction of sp³-hybridized carbons (Fsp3) is 0.667. The molecular weight excluding hydrogens is 150 g/mol. The van der Waals surface area contributed by atoms with Gasteiger partial charge in [-0.25, -0.2) is 0 Å². The van der Waals surface area contributed by atoms with Crippen molar-refractivity contribution >= 4 is 5.69 Å². The predicted octanol–water partition coefficient (Wildman–Crippen LogP) is 2.00. The molecule has 3 heteroatoms. The third kappa shape index (κ3) is 1.60. The maximum Gasteiger partial charge on any atom is 0.0733 e. The maximum absolute atomic E-state index is 5.78. The van der Waals surface area contributed by atoms with Gasteiger partial charge in [-0.15, -0.1) is 0 Å². The minimum absolute atomic E-state index is 0.406. The average molecular weight is 167 g/mol. The second-order valence-electron chi connectivity index (χ2n) is 3.33. The summed E-state index contributed by atoms with van der Waals surface area (Å²) < 4.78 is 2.00. The monoisotopic (exact) mass is 167 g/mol. The van der Waals surface area contributed by atoms with Crippen LogP contribution in [0.4, 0.5) is 5.69 Å². The third-order valence-electron chi connectivity index (χ3n) is 1.91. The number of nitrogen functional groups attached to an aromatic ring is 1. The molecule has 1 aromatic rings. The Morgan fingerprint density at radius 1 is 1.58 bits per heavy atom. The molecule has 1 heterocycles. The zero-order valence-electron chi connectivity index (χ0n) is 8.04. The van der Waals surface area contributed by atoms with Crippen molar-refractivity contribution in [3.05, 3.63) is 11.9 Å². The van der Waals surface area contributed by atoms with E-state index in [0.717, 1.165) is 18.5 Å². The molecule has 0 aromatic carbocycles. The number of rotatable bonds is 3. The topological polar surface area (TPSA) is 43.8 Å². The van der Waals surface area contributed by atoms with Crippen molar-refractivity contribution in [2.45, 2.75) is 39.7 Å². The molecule has 0 saturated carbocycles. The van der Waals surface area contributed by atoms with E-state index in [4.69, 9.17) is 5.73 Å². The molecule has 68 valence electrons. The number of anilines is 1. The van der Waals surface area contributed by atoms with Crippen LogP contribution in [0.3, 0.4) is 0 Å². The van der Waals surface area contributed by atoms with Crippen molar-refractivity contribution in [2.24, 2.45) is 0 Å². The Kier molecular flexibility index (Phi) is 2.74. The highest BCUT2D eigenvalue weighted by atomic mass is 15.3. The van der Waals surface area contributed by atoms with Crippen LogP contribution in [0.1, 0.15) is 38.9 Å². The van der Waals surface area contributed by atoms with Gasteiger partial charge in [0.05, 0.1) is 17.6 Å². The number of hydrogen-bond donors (Lipinski definition) is 1. The summed E-state index contributed by atoms with van der Waals surface area (Å²) in [4.78, 5) is 0. The van der Waals surface area contributed by atoms with E-state index in [1.54, 1.807) is 6.20 Å². The average Bonchev–Trinajstić information content (AvgIpc) is 2.34. The van der Waals surface area contributed by atoms with Gasteiger partial charge in [-0.2, -0.15) is 5.10 Å². The van der Waals surface area contributed by atoms with Crippen LogP contribution in [0.15, 0.2) is 6.20 Å². The fourth-order valence-corrected chi connectivity index (χ4v) is 1.34.